The Hall–Kier alpha value is -3.01. The Labute approximate surface area is 133 Å². The van der Waals surface area contributed by atoms with Gasteiger partial charge in [-0.15, -0.1) is 0 Å². The zero-order chi connectivity index (χ0) is 16.0. The molecule has 4 nitrogen and oxygen atoms in total. The lowest BCUT2D eigenvalue weighted by Crippen LogP contribution is -1.92. The Morgan fingerprint density at radius 1 is 0.783 bits per heavy atom. The summed E-state index contributed by atoms with van der Waals surface area (Å²) in [6.45, 7) is 0. The minimum Gasteiger partial charge on any atom is -0.493 e. The second-order valence-corrected chi connectivity index (χ2v) is 5.46. The number of hydrogen-bond donors (Lipinski definition) is 1. The van der Waals surface area contributed by atoms with Crippen LogP contribution in [0.15, 0.2) is 48.7 Å². The van der Waals surface area contributed by atoms with E-state index >= 15 is 0 Å². The van der Waals surface area contributed by atoms with Gasteiger partial charge in [0.15, 0.2) is 11.5 Å². The molecule has 114 valence electrons. The summed E-state index contributed by atoms with van der Waals surface area (Å²) in [5.41, 5.74) is 7.62. The van der Waals surface area contributed by atoms with Gasteiger partial charge < -0.3 is 15.2 Å². The number of hydrogen-bond acceptors (Lipinski definition) is 4. The molecule has 0 amide bonds. The molecule has 0 aliphatic heterocycles. The quantitative estimate of drug-likeness (QED) is 0.446. The number of pyridine rings is 1. The first kappa shape index (κ1) is 13.6. The maximum absolute atomic E-state index is 5.95. The lowest BCUT2D eigenvalue weighted by Gasteiger charge is -2.13. The number of nitrogen functional groups attached to an aromatic ring is 1. The first-order valence-corrected chi connectivity index (χ1v) is 7.34. The van der Waals surface area contributed by atoms with Gasteiger partial charge in [-0.1, -0.05) is 6.07 Å². The van der Waals surface area contributed by atoms with Crippen LogP contribution in [0, 0.1) is 0 Å². The topological polar surface area (TPSA) is 57.4 Å². The van der Waals surface area contributed by atoms with Crippen LogP contribution in [0.1, 0.15) is 0 Å². The van der Waals surface area contributed by atoms with Gasteiger partial charge in [-0.05, 0) is 47.2 Å². The number of ether oxygens (including phenoxy) is 2. The van der Waals surface area contributed by atoms with E-state index in [1.807, 2.05) is 36.5 Å². The highest BCUT2D eigenvalue weighted by atomic mass is 16.5. The van der Waals surface area contributed by atoms with Crippen molar-refractivity contribution in [3.63, 3.8) is 0 Å². The lowest BCUT2D eigenvalue weighted by atomic mass is 9.99. The number of nitrogens with zero attached hydrogens (tertiary/aromatic N) is 1. The molecule has 4 rings (SSSR count). The molecule has 0 fully saturated rings. The maximum atomic E-state index is 5.95. The van der Waals surface area contributed by atoms with Gasteiger partial charge in [0.05, 0.1) is 19.7 Å². The van der Waals surface area contributed by atoms with E-state index in [1.54, 1.807) is 14.2 Å². The fourth-order valence-corrected chi connectivity index (χ4v) is 3.14. The molecule has 0 aliphatic rings. The van der Waals surface area contributed by atoms with Crippen molar-refractivity contribution in [2.24, 2.45) is 0 Å². The zero-order valence-corrected chi connectivity index (χ0v) is 13.0. The lowest BCUT2D eigenvalue weighted by molar-refractivity contribution is 0.358. The van der Waals surface area contributed by atoms with Crippen LogP contribution in [0.3, 0.4) is 0 Å². The van der Waals surface area contributed by atoms with Gasteiger partial charge in [0, 0.05) is 28.0 Å². The van der Waals surface area contributed by atoms with Crippen LogP contribution in [-0.2, 0) is 0 Å². The predicted molar refractivity (Wildman–Crippen MR) is 94.3 cm³/mol. The largest absolute Gasteiger partial charge is 0.493 e. The van der Waals surface area contributed by atoms with Crippen molar-refractivity contribution in [2.75, 3.05) is 20.0 Å². The molecule has 0 atom stereocenters. The van der Waals surface area contributed by atoms with E-state index < -0.39 is 0 Å². The highest BCUT2D eigenvalue weighted by Gasteiger charge is 2.12. The molecule has 0 aliphatic carbocycles. The number of fused-ring (bicyclic) bond motifs is 5. The van der Waals surface area contributed by atoms with Gasteiger partial charge in [-0.2, -0.15) is 0 Å². The standard InChI is InChI=1S/C19H16N2O2/c1-22-18-8-6-12-14(19(18)23-2)5-4-13-15-9-11(20)3-7-17(15)21-10-16(12)13/h3-10H,20H2,1-2H3. The van der Waals surface area contributed by atoms with E-state index in [9.17, 15) is 0 Å². The van der Waals surface area contributed by atoms with Crippen LogP contribution in [0.2, 0.25) is 0 Å². The van der Waals surface area contributed by atoms with Crippen LogP contribution in [0.25, 0.3) is 32.4 Å². The third-order valence-corrected chi connectivity index (χ3v) is 4.22. The summed E-state index contributed by atoms with van der Waals surface area (Å²) >= 11 is 0. The number of benzene rings is 3. The summed E-state index contributed by atoms with van der Waals surface area (Å²) in [4.78, 5) is 4.57. The van der Waals surface area contributed by atoms with Gasteiger partial charge in [0.1, 0.15) is 0 Å². The minimum atomic E-state index is 0.720. The number of aromatic nitrogens is 1. The molecule has 0 unspecified atom stereocenters. The second-order valence-electron chi connectivity index (χ2n) is 5.46. The summed E-state index contributed by atoms with van der Waals surface area (Å²) in [6.07, 6.45) is 1.90. The molecule has 0 spiro atoms. The van der Waals surface area contributed by atoms with Gasteiger partial charge in [0.2, 0.25) is 0 Å². The molecule has 4 heteroatoms. The van der Waals surface area contributed by atoms with Crippen molar-refractivity contribution in [1.29, 1.82) is 0 Å². The van der Waals surface area contributed by atoms with Crippen LogP contribution < -0.4 is 15.2 Å². The molecular formula is C19H16N2O2. The fraction of sp³-hybridized carbons (Fsp3) is 0.105. The zero-order valence-electron chi connectivity index (χ0n) is 13.0. The molecule has 0 bridgehead atoms. The van der Waals surface area contributed by atoms with Gasteiger partial charge in [0.25, 0.3) is 0 Å². The SMILES string of the molecule is COc1ccc2c(ccc3c4cc(N)ccc4ncc23)c1OC. The van der Waals surface area contributed by atoms with Gasteiger partial charge >= 0.3 is 0 Å². The number of rotatable bonds is 2. The molecule has 3 aromatic carbocycles. The molecule has 0 saturated carbocycles. The molecule has 4 aromatic rings. The molecule has 0 saturated heterocycles. The monoisotopic (exact) mass is 304 g/mol. The smallest absolute Gasteiger partial charge is 0.168 e. The third-order valence-electron chi connectivity index (χ3n) is 4.22. The van der Waals surface area contributed by atoms with Gasteiger partial charge in [-0.3, -0.25) is 4.98 Å². The first-order chi connectivity index (χ1) is 11.2. The summed E-state index contributed by atoms with van der Waals surface area (Å²) < 4.78 is 10.9. The summed E-state index contributed by atoms with van der Waals surface area (Å²) in [5.74, 6) is 1.46. The summed E-state index contributed by atoms with van der Waals surface area (Å²) in [6, 6.07) is 13.9. The van der Waals surface area contributed by atoms with Crippen molar-refractivity contribution in [3.05, 3.63) is 48.7 Å². The average Bonchev–Trinajstić information content (AvgIpc) is 2.59. The molecular weight excluding hydrogens is 288 g/mol. The Balaban J connectivity index is 2.17. The summed E-state index contributed by atoms with van der Waals surface area (Å²) in [7, 11) is 3.30. The Morgan fingerprint density at radius 3 is 2.30 bits per heavy atom. The van der Waals surface area contributed by atoms with Gasteiger partial charge in [-0.25, -0.2) is 0 Å². The Morgan fingerprint density at radius 2 is 1.52 bits per heavy atom. The van der Waals surface area contributed by atoms with Crippen molar-refractivity contribution >= 4 is 38.1 Å². The molecule has 1 heterocycles. The van der Waals surface area contributed by atoms with E-state index in [2.05, 4.69) is 17.1 Å². The van der Waals surface area contributed by atoms with E-state index in [0.29, 0.717) is 0 Å². The molecule has 23 heavy (non-hydrogen) atoms. The first-order valence-electron chi connectivity index (χ1n) is 7.34. The second kappa shape index (κ2) is 5.02. The van der Waals surface area contributed by atoms with Crippen molar-refractivity contribution < 1.29 is 9.47 Å². The van der Waals surface area contributed by atoms with Crippen LogP contribution in [0.5, 0.6) is 11.5 Å². The number of anilines is 1. The highest BCUT2D eigenvalue weighted by Crippen LogP contribution is 2.39. The predicted octanol–water partition coefficient (Wildman–Crippen LogP) is 4.14. The van der Waals surface area contributed by atoms with Crippen molar-refractivity contribution in [2.45, 2.75) is 0 Å². The van der Waals surface area contributed by atoms with Crippen LogP contribution in [0.4, 0.5) is 5.69 Å². The van der Waals surface area contributed by atoms with Crippen LogP contribution in [-0.4, -0.2) is 19.2 Å². The minimum absolute atomic E-state index is 0.720. The molecule has 0 radical (unpaired) electrons. The highest BCUT2D eigenvalue weighted by molar-refractivity contribution is 6.17. The van der Waals surface area contributed by atoms with Crippen molar-refractivity contribution in [1.82, 2.24) is 4.98 Å². The van der Waals surface area contributed by atoms with E-state index in [4.69, 9.17) is 15.2 Å². The van der Waals surface area contributed by atoms with E-state index in [1.165, 1.54) is 0 Å². The van der Waals surface area contributed by atoms with E-state index in [-0.39, 0.29) is 0 Å². The maximum Gasteiger partial charge on any atom is 0.168 e. The fourth-order valence-electron chi connectivity index (χ4n) is 3.14. The summed E-state index contributed by atoms with van der Waals surface area (Å²) in [5, 5.41) is 5.34. The van der Waals surface area contributed by atoms with Crippen molar-refractivity contribution in [3.8, 4) is 11.5 Å². The Bertz CT molecular complexity index is 1060. The number of methoxy groups -OCH3 is 2. The third kappa shape index (κ3) is 1.95. The van der Waals surface area contributed by atoms with Crippen LogP contribution >= 0.6 is 0 Å². The molecule has 1 aromatic heterocycles. The van der Waals surface area contributed by atoms with E-state index in [0.717, 1.165) is 49.6 Å². The normalized spacial score (nSPS) is 11.2. The Kier molecular flexibility index (Phi) is 2.98. The molecule has 2 N–H and O–H groups in total. The average molecular weight is 304 g/mol. The number of nitrogens with two attached hydrogens (primary N) is 1.